The van der Waals surface area contributed by atoms with Crippen molar-refractivity contribution in [3.8, 4) is 11.3 Å². The highest BCUT2D eigenvalue weighted by Gasteiger charge is 2.08. The summed E-state index contributed by atoms with van der Waals surface area (Å²) in [7, 11) is 0. The molecule has 1 aromatic heterocycles. The molecule has 2 aromatic rings. The Morgan fingerprint density at radius 1 is 1.33 bits per heavy atom. The highest BCUT2D eigenvalue weighted by Crippen LogP contribution is 2.21. The van der Waals surface area contributed by atoms with E-state index < -0.39 is 4.92 Å². The molecule has 0 aliphatic rings. The van der Waals surface area contributed by atoms with Crippen molar-refractivity contribution in [1.29, 1.82) is 0 Å². The number of aromatic nitrogens is 2. The Labute approximate surface area is 103 Å². The summed E-state index contributed by atoms with van der Waals surface area (Å²) in [6.45, 7) is 2.27. The van der Waals surface area contributed by atoms with Gasteiger partial charge in [0.25, 0.3) is 11.2 Å². The van der Waals surface area contributed by atoms with Crippen molar-refractivity contribution in [3.63, 3.8) is 0 Å². The Morgan fingerprint density at radius 2 is 2.11 bits per heavy atom. The average Bonchev–Trinajstić information content (AvgIpc) is 2.39. The van der Waals surface area contributed by atoms with Gasteiger partial charge in [-0.3, -0.25) is 14.9 Å². The third-order valence-corrected chi connectivity index (χ3v) is 2.52. The van der Waals surface area contributed by atoms with Crippen LogP contribution in [0, 0.1) is 10.1 Å². The first-order valence-electron chi connectivity index (χ1n) is 5.45. The van der Waals surface area contributed by atoms with Crippen LogP contribution in [0.1, 0.15) is 6.92 Å². The molecule has 0 bridgehead atoms. The first-order valence-corrected chi connectivity index (χ1v) is 5.45. The fourth-order valence-electron chi connectivity index (χ4n) is 1.61. The smallest absolute Gasteiger partial charge is 0.268 e. The van der Waals surface area contributed by atoms with Crippen molar-refractivity contribution >= 4 is 5.69 Å². The standard InChI is InChI=1S/C12H11N3O3/c1-2-14-12(16)7-6-11(13-14)9-4-3-5-10(8-9)15(17)18/h3-8H,2H2,1H3. The maximum Gasteiger partial charge on any atom is 0.270 e. The van der Waals surface area contributed by atoms with Crippen LogP contribution in [0.4, 0.5) is 5.69 Å². The zero-order valence-electron chi connectivity index (χ0n) is 9.74. The molecule has 1 aromatic carbocycles. The van der Waals surface area contributed by atoms with Crippen LogP contribution >= 0.6 is 0 Å². The highest BCUT2D eigenvalue weighted by atomic mass is 16.6. The monoisotopic (exact) mass is 245 g/mol. The second-order valence-corrected chi connectivity index (χ2v) is 3.68. The Bertz CT molecular complexity index is 649. The Balaban J connectivity index is 2.51. The minimum atomic E-state index is -0.459. The predicted molar refractivity (Wildman–Crippen MR) is 66.3 cm³/mol. The van der Waals surface area contributed by atoms with Gasteiger partial charge < -0.3 is 0 Å². The van der Waals surface area contributed by atoms with Crippen LogP contribution in [0.3, 0.4) is 0 Å². The summed E-state index contributed by atoms with van der Waals surface area (Å²) < 4.78 is 1.31. The molecular weight excluding hydrogens is 234 g/mol. The van der Waals surface area contributed by atoms with Crippen LogP contribution in [0.15, 0.2) is 41.2 Å². The van der Waals surface area contributed by atoms with Gasteiger partial charge in [0.05, 0.1) is 10.6 Å². The lowest BCUT2D eigenvalue weighted by molar-refractivity contribution is -0.384. The molecule has 6 nitrogen and oxygen atoms in total. The van der Waals surface area contributed by atoms with Crippen LogP contribution in [-0.4, -0.2) is 14.7 Å². The highest BCUT2D eigenvalue weighted by molar-refractivity contribution is 5.61. The first-order chi connectivity index (χ1) is 8.61. The Hall–Kier alpha value is -2.50. The van der Waals surface area contributed by atoms with Gasteiger partial charge in [-0.05, 0) is 13.0 Å². The van der Waals surface area contributed by atoms with E-state index in [2.05, 4.69) is 5.10 Å². The van der Waals surface area contributed by atoms with E-state index >= 15 is 0 Å². The van der Waals surface area contributed by atoms with Gasteiger partial charge in [-0.2, -0.15) is 5.10 Å². The summed E-state index contributed by atoms with van der Waals surface area (Å²) in [6, 6.07) is 9.14. The molecule has 0 aliphatic carbocycles. The summed E-state index contributed by atoms with van der Waals surface area (Å²) in [5, 5.41) is 14.8. The second kappa shape index (κ2) is 4.79. The van der Waals surface area contributed by atoms with Gasteiger partial charge in [0.1, 0.15) is 0 Å². The molecule has 1 heterocycles. The van der Waals surface area contributed by atoms with Crippen LogP contribution in [0.25, 0.3) is 11.3 Å². The number of nitro benzene ring substituents is 1. The molecule has 0 aliphatic heterocycles. The van der Waals surface area contributed by atoms with Gasteiger partial charge in [0, 0.05) is 30.3 Å². The normalized spacial score (nSPS) is 10.3. The molecule has 0 radical (unpaired) electrons. The molecule has 0 unspecified atom stereocenters. The molecular formula is C12H11N3O3. The van der Waals surface area contributed by atoms with Crippen molar-refractivity contribution in [3.05, 3.63) is 56.9 Å². The van der Waals surface area contributed by atoms with Gasteiger partial charge in [-0.15, -0.1) is 0 Å². The van der Waals surface area contributed by atoms with Crippen molar-refractivity contribution < 1.29 is 4.92 Å². The molecule has 0 fully saturated rings. The van der Waals surface area contributed by atoms with E-state index in [-0.39, 0.29) is 11.2 Å². The molecule has 0 saturated carbocycles. The van der Waals surface area contributed by atoms with Crippen molar-refractivity contribution in [2.75, 3.05) is 0 Å². The molecule has 92 valence electrons. The van der Waals surface area contributed by atoms with E-state index in [0.29, 0.717) is 17.8 Å². The summed E-state index contributed by atoms with van der Waals surface area (Å²) in [5.41, 5.74) is 0.974. The Kier molecular flexibility index (Phi) is 3.18. The predicted octanol–water partition coefficient (Wildman–Crippen LogP) is 1.84. The van der Waals surface area contributed by atoms with Gasteiger partial charge in [-0.25, -0.2) is 4.68 Å². The van der Waals surface area contributed by atoms with E-state index in [1.807, 2.05) is 6.92 Å². The fourth-order valence-corrected chi connectivity index (χ4v) is 1.61. The lowest BCUT2D eigenvalue weighted by atomic mass is 10.1. The quantitative estimate of drug-likeness (QED) is 0.610. The fraction of sp³-hybridized carbons (Fsp3) is 0.167. The average molecular weight is 245 g/mol. The zero-order valence-corrected chi connectivity index (χ0v) is 9.74. The molecule has 0 N–H and O–H groups in total. The second-order valence-electron chi connectivity index (χ2n) is 3.68. The minimum Gasteiger partial charge on any atom is -0.268 e. The topological polar surface area (TPSA) is 78.0 Å². The van der Waals surface area contributed by atoms with Gasteiger partial charge >= 0.3 is 0 Å². The summed E-state index contributed by atoms with van der Waals surface area (Å²) in [5.74, 6) is 0. The molecule has 2 rings (SSSR count). The lowest BCUT2D eigenvalue weighted by Crippen LogP contribution is -2.20. The molecule has 0 amide bonds. The van der Waals surface area contributed by atoms with E-state index in [0.717, 1.165) is 0 Å². The summed E-state index contributed by atoms with van der Waals surface area (Å²) in [6.07, 6.45) is 0. The molecule has 0 spiro atoms. The molecule has 18 heavy (non-hydrogen) atoms. The van der Waals surface area contributed by atoms with Gasteiger partial charge in [0.2, 0.25) is 0 Å². The van der Waals surface area contributed by atoms with Crippen molar-refractivity contribution in [2.45, 2.75) is 13.5 Å². The van der Waals surface area contributed by atoms with Crippen molar-refractivity contribution in [2.24, 2.45) is 0 Å². The minimum absolute atomic E-state index is 0.00329. The lowest BCUT2D eigenvalue weighted by Gasteiger charge is -2.04. The molecule has 6 heteroatoms. The molecule has 0 atom stereocenters. The number of nitrogens with zero attached hydrogens (tertiary/aromatic N) is 3. The van der Waals surface area contributed by atoms with Gasteiger partial charge in [0.15, 0.2) is 0 Å². The van der Waals surface area contributed by atoms with Crippen LogP contribution in [-0.2, 0) is 6.54 Å². The first kappa shape index (κ1) is 12.0. The SMILES string of the molecule is CCn1nc(-c2cccc([N+](=O)[O-])c2)ccc1=O. The number of hydrogen-bond acceptors (Lipinski definition) is 4. The van der Waals surface area contributed by atoms with E-state index in [9.17, 15) is 14.9 Å². The molecule has 0 saturated heterocycles. The Morgan fingerprint density at radius 3 is 2.78 bits per heavy atom. The third-order valence-electron chi connectivity index (χ3n) is 2.52. The number of benzene rings is 1. The van der Waals surface area contributed by atoms with Gasteiger partial charge in [-0.1, -0.05) is 12.1 Å². The largest absolute Gasteiger partial charge is 0.270 e. The van der Waals surface area contributed by atoms with E-state index in [1.165, 1.54) is 22.9 Å². The number of hydrogen-bond donors (Lipinski definition) is 0. The summed E-state index contributed by atoms with van der Waals surface area (Å²) >= 11 is 0. The van der Waals surface area contributed by atoms with Crippen LogP contribution in [0.2, 0.25) is 0 Å². The van der Waals surface area contributed by atoms with Crippen LogP contribution < -0.4 is 5.56 Å². The summed E-state index contributed by atoms with van der Waals surface area (Å²) in [4.78, 5) is 21.6. The zero-order chi connectivity index (χ0) is 13.1. The van der Waals surface area contributed by atoms with E-state index in [4.69, 9.17) is 0 Å². The third kappa shape index (κ3) is 2.27. The number of non-ortho nitro benzene ring substituents is 1. The number of rotatable bonds is 3. The number of nitro groups is 1. The van der Waals surface area contributed by atoms with Crippen LogP contribution in [0.5, 0.6) is 0 Å². The number of aryl methyl sites for hydroxylation is 1. The van der Waals surface area contributed by atoms with E-state index in [1.54, 1.807) is 18.2 Å². The maximum absolute atomic E-state index is 11.4. The maximum atomic E-state index is 11.4. The van der Waals surface area contributed by atoms with Crippen molar-refractivity contribution in [1.82, 2.24) is 9.78 Å².